The fraction of sp³-hybridized carbons (Fsp3) is 0.615. The van der Waals surface area contributed by atoms with Crippen LogP contribution in [0.4, 0.5) is 0 Å². The lowest BCUT2D eigenvalue weighted by atomic mass is 10.1. The monoisotopic (exact) mass is 314 g/mol. The van der Waals surface area contributed by atoms with Crippen LogP contribution in [-0.2, 0) is 11.3 Å². The van der Waals surface area contributed by atoms with Crippen molar-refractivity contribution < 1.29 is 9.90 Å². The van der Waals surface area contributed by atoms with Gasteiger partial charge in [0.2, 0.25) is 0 Å². The van der Waals surface area contributed by atoms with Crippen LogP contribution in [0.5, 0.6) is 0 Å². The summed E-state index contributed by atoms with van der Waals surface area (Å²) in [5, 5.41) is 9.28. The van der Waals surface area contributed by atoms with Crippen molar-refractivity contribution in [2.45, 2.75) is 42.1 Å². The third kappa shape index (κ3) is 3.79. The summed E-state index contributed by atoms with van der Waals surface area (Å²) in [5.41, 5.74) is -0.321. The summed E-state index contributed by atoms with van der Waals surface area (Å²) in [6, 6.07) is 1.44. The minimum Gasteiger partial charge on any atom is -0.481 e. The van der Waals surface area contributed by atoms with E-state index in [2.05, 4.69) is 11.2 Å². The molecule has 0 radical (unpaired) electrons. The first kappa shape index (κ1) is 15.4. The molecule has 0 saturated heterocycles. The van der Waals surface area contributed by atoms with Crippen LogP contribution in [0.25, 0.3) is 0 Å². The maximum Gasteiger partial charge on any atom is 0.313 e. The lowest BCUT2D eigenvalue weighted by molar-refractivity contribution is -0.133. The van der Waals surface area contributed by atoms with E-state index in [1.807, 2.05) is 16.3 Å². The molecule has 0 spiro atoms. The second-order valence-electron chi connectivity index (χ2n) is 4.95. The van der Waals surface area contributed by atoms with Gasteiger partial charge in [0.05, 0.1) is 5.75 Å². The van der Waals surface area contributed by atoms with Gasteiger partial charge in [-0.1, -0.05) is 24.6 Å². The van der Waals surface area contributed by atoms with Gasteiger partial charge in [-0.15, -0.1) is 0 Å². The topological polar surface area (TPSA) is 72.2 Å². The zero-order valence-corrected chi connectivity index (χ0v) is 13.0. The number of carboxylic acids is 1. The molecule has 5 nitrogen and oxygen atoms in total. The molecule has 1 aliphatic carbocycles. The third-order valence-electron chi connectivity index (χ3n) is 3.58. The number of thioether (sulfide) groups is 2. The molecule has 1 aromatic rings. The molecule has 20 heavy (non-hydrogen) atoms. The van der Waals surface area contributed by atoms with E-state index in [9.17, 15) is 9.59 Å². The molecule has 0 amide bonds. The zero-order chi connectivity index (χ0) is 14.6. The standard InChI is InChI=1S/C13H18N2O3S2/c1-19-13(5-2-3-6-13)9-15-7-4-10(16)14-12(15)20-8-11(17)18/h4,7H,2-3,5-6,8-9H2,1H3,(H,17,18). The number of aromatic nitrogens is 2. The highest BCUT2D eigenvalue weighted by atomic mass is 32.2. The van der Waals surface area contributed by atoms with E-state index in [1.54, 1.807) is 6.20 Å². The highest BCUT2D eigenvalue weighted by Gasteiger charge is 2.33. The van der Waals surface area contributed by atoms with Crippen molar-refractivity contribution in [3.05, 3.63) is 22.6 Å². The summed E-state index contributed by atoms with van der Waals surface area (Å²) in [5.74, 6) is -0.983. The van der Waals surface area contributed by atoms with Gasteiger partial charge in [0.1, 0.15) is 0 Å². The van der Waals surface area contributed by atoms with E-state index in [1.165, 1.54) is 18.9 Å². The first-order chi connectivity index (χ1) is 9.54. The molecule has 0 aliphatic heterocycles. The largest absolute Gasteiger partial charge is 0.481 e. The number of nitrogens with zero attached hydrogens (tertiary/aromatic N) is 2. The van der Waals surface area contributed by atoms with E-state index >= 15 is 0 Å². The molecule has 1 aliphatic rings. The summed E-state index contributed by atoms with van der Waals surface area (Å²) < 4.78 is 2.12. The van der Waals surface area contributed by atoms with Crippen molar-refractivity contribution in [2.75, 3.05) is 12.0 Å². The Labute approximate surface area is 126 Å². The first-order valence-electron chi connectivity index (χ1n) is 6.52. The normalized spacial score (nSPS) is 17.2. The Hall–Kier alpha value is -0.950. The van der Waals surface area contributed by atoms with E-state index in [4.69, 9.17) is 5.11 Å². The van der Waals surface area contributed by atoms with Crippen molar-refractivity contribution in [1.82, 2.24) is 9.55 Å². The summed E-state index contributed by atoms with van der Waals surface area (Å²) in [7, 11) is 0. The molecule has 1 saturated carbocycles. The van der Waals surface area contributed by atoms with Crippen LogP contribution in [0.2, 0.25) is 0 Å². The van der Waals surface area contributed by atoms with Crippen LogP contribution in [-0.4, -0.2) is 37.4 Å². The van der Waals surface area contributed by atoms with Gasteiger partial charge in [-0.2, -0.15) is 16.7 Å². The van der Waals surface area contributed by atoms with E-state index in [-0.39, 0.29) is 16.1 Å². The smallest absolute Gasteiger partial charge is 0.313 e. The molecule has 1 aromatic heterocycles. The number of carboxylic acid groups (broad SMARTS) is 1. The second kappa shape index (κ2) is 6.67. The number of carbonyl (C=O) groups is 1. The van der Waals surface area contributed by atoms with Crippen LogP contribution >= 0.6 is 23.5 Å². The molecule has 0 unspecified atom stereocenters. The van der Waals surface area contributed by atoms with Gasteiger partial charge in [0, 0.05) is 23.6 Å². The zero-order valence-electron chi connectivity index (χ0n) is 11.4. The molecule has 110 valence electrons. The van der Waals surface area contributed by atoms with Crippen LogP contribution in [0.3, 0.4) is 0 Å². The maximum atomic E-state index is 11.4. The SMILES string of the molecule is CSC1(Cn2ccc(=O)nc2SCC(=O)O)CCCC1. The molecular weight excluding hydrogens is 296 g/mol. The molecule has 1 N–H and O–H groups in total. The number of aliphatic carboxylic acids is 1. The van der Waals surface area contributed by atoms with Gasteiger partial charge in [-0.3, -0.25) is 9.59 Å². The minimum absolute atomic E-state index is 0.0806. The lowest BCUT2D eigenvalue weighted by Gasteiger charge is -2.28. The summed E-state index contributed by atoms with van der Waals surface area (Å²) in [6.45, 7) is 0.781. The number of hydrogen-bond donors (Lipinski definition) is 1. The molecular formula is C13H18N2O3S2. The number of rotatable bonds is 6. The van der Waals surface area contributed by atoms with Crippen LogP contribution < -0.4 is 5.56 Å². The second-order valence-corrected chi connectivity index (χ2v) is 7.17. The number of hydrogen-bond acceptors (Lipinski definition) is 5. The van der Waals surface area contributed by atoms with E-state index in [0.717, 1.165) is 31.1 Å². The third-order valence-corrected chi connectivity index (χ3v) is 5.96. The summed E-state index contributed by atoms with van der Waals surface area (Å²) in [4.78, 5) is 26.0. The lowest BCUT2D eigenvalue weighted by Crippen LogP contribution is -2.29. The minimum atomic E-state index is -0.903. The van der Waals surface area contributed by atoms with Gasteiger partial charge in [0.15, 0.2) is 5.16 Å². The molecule has 1 fully saturated rings. The van der Waals surface area contributed by atoms with Gasteiger partial charge >= 0.3 is 5.97 Å². The maximum absolute atomic E-state index is 11.4. The predicted octanol–water partition coefficient (Wildman–Crippen LogP) is 2.10. The molecule has 0 bridgehead atoms. The van der Waals surface area contributed by atoms with Gasteiger partial charge in [-0.05, 0) is 19.1 Å². The fourth-order valence-corrected chi connectivity index (χ4v) is 4.20. The van der Waals surface area contributed by atoms with Crippen molar-refractivity contribution in [2.24, 2.45) is 0 Å². The fourth-order valence-electron chi connectivity index (χ4n) is 2.53. The van der Waals surface area contributed by atoms with Crippen molar-refractivity contribution >= 4 is 29.5 Å². The first-order valence-corrected chi connectivity index (χ1v) is 8.73. The molecule has 1 heterocycles. The summed E-state index contributed by atoms with van der Waals surface area (Å²) >= 11 is 2.96. The van der Waals surface area contributed by atoms with Crippen LogP contribution in [0.1, 0.15) is 25.7 Å². The molecule has 7 heteroatoms. The highest BCUT2D eigenvalue weighted by Crippen LogP contribution is 2.41. The van der Waals surface area contributed by atoms with Gasteiger partial charge in [0.25, 0.3) is 5.56 Å². The molecule has 2 rings (SSSR count). The van der Waals surface area contributed by atoms with Crippen LogP contribution in [0, 0.1) is 0 Å². The Morgan fingerprint density at radius 2 is 2.20 bits per heavy atom. The van der Waals surface area contributed by atoms with E-state index < -0.39 is 5.97 Å². The van der Waals surface area contributed by atoms with E-state index in [0.29, 0.717) is 5.16 Å². The van der Waals surface area contributed by atoms with Gasteiger partial charge < -0.3 is 9.67 Å². The van der Waals surface area contributed by atoms with Crippen molar-refractivity contribution in [1.29, 1.82) is 0 Å². The molecule has 0 aromatic carbocycles. The average Bonchev–Trinajstić information content (AvgIpc) is 2.88. The Morgan fingerprint density at radius 1 is 1.50 bits per heavy atom. The molecule has 0 atom stereocenters. The Bertz CT molecular complexity index is 539. The van der Waals surface area contributed by atoms with Crippen LogP contribution in [0.15, 0.2) is 22.2 Å². The van der Waals surface area contributed by atoms with Gasteiger partial charge in [-0.25, -0.2) is 0 Å². The summed E-state index contributed by atoms with van der Waals surface area (Å²) in [6.07, 6.45) is 8.62. The Morgan fingerprint density at radius 3 is 2.80 bits per heavy atom. The Balaban J connectivity index is 2.21. The average molecular weight is 314 g/mol. The Kier molecular flexibility index (Phi) is 5.15. The highest BCUT2D eigenvalue weighted by molar-refractivity contribution is 8.00. The predicted molar refractivity (Wildman–Crippen MR) is 81.6 cm³/mol. The van der Waals surface area contributed by atoms with Crippen molar-refractivity contribution in [3.8, 4) is 0 Å². The van der Waals surface area contributed by atoms with Crippen molar-refractivity contribution in [3.63, 3.8) is 0 Å². The quantitative estimate of drug-likeness (QED) is 0.640.